The minimum Gasteiger partial charge on any atom is -0.496 e. The van der Waals surface area contributed by atoms with Gasteiger partial charge in [-0.2, -0.15) is 0 Å². The Morgan fingerprint density at radius 2 is 1.79 bits per heavy atom. The molecule has 172 valence electrons. The standard InChI is InChI=1S/C27H30N2O4/c1-19-13-15-20(16-14-19)25(26(30)28-22-9-4-5-10-22)29(27(31)24-12-7-17-33-24)18-21-8-3-6-11-23(21)32-2/h3,6-8,11-17,22,25H,4-5,9-10,18H2,1-2H3,(H,28,30). The van der Waals surface area contributed by atoms with Gasteiger partial charge in [-0.05, 0) is 43.5 Å². The topological polar surface area (TPSA) is 71.8 Å². The van der Waals surface area contributed by atoms with Gasteiger partial charge in [-0.15, -0.1) is 0 Å². The number of nitrogens with zero attached hydrogens (tertiary/aromatic N) is 1. The Labute approximate surface area is 194 Å². The molecule has 0 spiro atoms. The number of para-hydroxylation sites is 1. The number of ether oxygens (including phenoxy) is 1. The lowest BCUT2D eigenvalue weighted by molar-refractivity contribution is -0.126. The summed E-state index contributed by atoms with van der Waals surface area (Å²) in [5.74, 6) is 0.322. The highest BCUT2D eigenvalue weighted by Crippen LogP contribution is 2.30. The van der Waals surface area contributed by atoms with Crippen LogP contribution in [0.5, 0.6) is 5.75 Å². The molecular formula is C27H30N2O4. The van der Waals surface area contributed by atoms with Gasteiger partial charge in [-0.3, -0.25) is 9.59 Å². The van der Waals surface area contributed by atoms with E-state index in [0.29, 0.717) is 5.75 Å². The number of carbonyl (C=O) groups excluding carboxylic acids is 2. The predicted octanol–water partition coefficient (Wildman–Crippen LogP) is 5.04. The highest BCUT2D eigenvalue weighted by Gasteiger charge is 2.35. The molecule has 4 rings (SSSR count). The minimum atomic E-state index is -0.811. The number of methoxy groups -OCH3 is 1. The first-order valence-corrected chi connectivity index (χ1v) is 11.4. The normalized spacial score (nSPS) is 14.6. The lowest BCUT2D eigenvalue weighted by atomic mass is 10.0. The summed E-state index contributed by atoms with van der Waals surface area (Å²) >= 11 is 0. The van der Waals surface area contributed by atoms with Crippen molar-refractivity contribution in [2.45, 2.75) is 51.2 Å². The molecule has 1 saturated carbocycles. The molecule has 1 heterocycles. The summed E-state index contributed by atoms with van der Waals surface area (Å²) in [4.78, 5) is 28.9. The molecule has 0 saturated heterocycles. The summed E-state index contributed by atoms with van der Waals surface area (Å²) in [5.41, 5.74) is 2.65. The van der Waals surface area contributed by atoms with Crippen LogP contribution in [-0.2, 0) is 11.3 Å². The van der Waals surface area contributed by atoms with E-state index in [4.69, 9.17) is 9.15 Å². The highest BCUT2D eigenvalue weighted by atomic mass is 16.5. The van der Waals surface area contributed by atoms with Crippen molar-refractivity contribution in [3.05, 3.63) is 89.4 Å². The van der Waals surface area contributed by atoms with Crippen LogP contribution in [0.4, 0.5) is 0 Å². The van der Waals surface area contributed by atoms with Crippen molar-refractivity contribution < 1.29 is 18.7 Å². The molecular weight excluding hydrogens is 416 g/mol. The van der Waals surface area contributed by atoms with Crippen molar-refractivity contribution >= 4 is 11.8 Å². The minimum absolute atomic E-state index is 0.136. The van der Waals surface area contributed by atoms with Crippen LogP contribution in [0.2, 0.25) is 0 Å². The van der Waals surface area contributed by atoms with E-state index in [1.165, 1.54) is 6.26 Å². The molecule has 0 radical (unpaired) electrons. The fourth-order valence-electron chi connectivity index (χ4n) is 4.41. The molecule has 1 fully saturated rings. The molecule has 1 atom stereocenters. The molecule has 1 N–H and O–H groups in total. The van der Waals surface area contributed by atoms with Crippen LogP contribution in [0.25, 0.3) is 0 Å². The van der Waals surface area contributed by atoms with Gasteiger partial charge in [0.05, 0.1) is 19.9 Å². The van der Waals surface area contributed by atoms with Gasteiger partial charge in [0.25, 0.3) is 5.91 Å². The summed E-state index contributed by atoms with van der Waals surface area (Å²) in [7, 11) is 1.60. The van der Waals surface area contributed by atoms with Gasteiger partial charge >= 0.3 is 0 Å². The van der Waals surface area contributed by atoms with E-state index in [-0.39, 0.29) is 30.2 Å². The van der Waals surface area contributed by atoms with E-state index in [9.17, 15) is 9.59 Å². The van der Waals surface area contributed by atoms with Gasteiger partial charge in [0.1, 0.15) is 11.8 Å². The molecule has 6 heteroatoms. The number of amides is 2. The molecule has 3 aromatic rings. The molecule has 1 aliphatic rings. The average molecular weight is 447 g/mol. The second-order valence-corrected chi connectivity index (χ2v) is 8.53. The molecule has 33 heavy (non-hydrogen) atoms. The van der Waals surface area contributed by atoms with Crippen molar-refractivity contribution in [3.8, 4) is 5.75 Å². The third-order valence-corrected chi connectivity index (χ3v) is 6.18. The highest BCUT2D eigenvalue weighted by molar-refractivity contribution is 5.96. The van der Waals surface area contributed by atoms with E-state index >= 15 is 0 Å². The second-order valence-electron chi connectivity index (χ2n) is 8.53. The first-order valence-electron chi connectivity index (χ1n) is 11.4. The number of aryl methyl sites for hydroxylation is 1. The van der Waals surface area contributed by atoms with Crippen molar-refractivity contribution in [3.63, 3.8) is 0 Å². The van der Waals surface area contributed by atoms with E-state index in [0.717, 1.165) is 42.4 Å². The summed E-state index contributed by atoms with van der Waals surface area (Å²) < 4.78 is 11.0. The Balaban J connectivity index is 1.76. The molecule has 6 nitrogen and oxygen atoms in total. The second kappa shape index (κ2) is 10.4. The number of nitrogens with one attached hydrogen (secondary N) is 1. The Morgan fingerprint density at radius 3 is 2.45 bits per heavy atom. The maximum atomic E-state index is 13.7. The first-order chi connectivity index (χ1) is 16.1. The number of rotatable bonds is 8. The molecule has 1 aliphatic carbocycles. The van der Waals surface area contributed by atoms with Crippen LogP contribution in [0.15, 0.2) is 71.3 Å². The molecule has 2 aromatic carbocycles. The number of hydrogen-bond acceptors (Lipinski definition) is 4. The van der Waals surface area contributed by atoms with Gasteiger partial charge in [-0.25, -0.2) is 0 Å². The van der Waals surface area contributed by atoms with Crippen molar-refractivity contribution in [1.29, 1.82) is 0 Å². The smallest absolute Gasteiger partial charge is 0.290 e. The van der Waals surface area contributed by atoms with Crippen molar-refractivity contribution in [1.82, 2.24) is 10.2 Å². The molecule has 0 aliphatic heterocycles. The van der Waals surface area contributed by atoms with Crippen molar-refractivity contribution in [2.24, 2.45) is 0 Å². The number of carbonyl (C=O) groups is 2. The fraction of sp³-hybridized carbons (Fsp3) is 0.333. The summed E-state index contributed by atoms with van der Waals surface area (Å²) in [6.45, 7) is 2.19. The zero-order valence-corrected chi connectivity index (χ0v) is 19.1. The van der Waals surface area contributed by atoms with E-state index in [2.05, 4.69) is 5.32 Å². The van der Waals surface area contributed by atoms with E-state index < -0.39 is 6.04 Å². The first kappa shape index (κ1) is 22.6. The Morgan fingerprint density at radius 1 is 1.06 bits per heavy atom. The monoisotopic (exact) mass is 446 g/mol. The van der Waals surface area contributed by atoms with E-state index in [1.807, 2.05) is 55.5 Å². The van der Waals surface area contributed by atoms with Gasteiger partial charge in [0.2, 0.25) is 5.91 Å². The third-order valence-electron chi connectivity index (χ3n) is 6.18. The molecule has 1 aromatic heterocycles. The molecule has 0 bridgehead atoms. The predicted molar refractivity (Wildman–Crippen MR) is 126 cm³/mol. The molecule has 2 amide bonds. The van der Waals surface area contributed by atoms with Gasteiger partial charge in [0, 0.05) is 11.6 Å². The maximum Gasteiger partial charge on any atom is 0.290 e. The quantitative estimate of drug-likeness (QED) is 0.526. The third kappa shape index (κ3) is 5.28. The Kier molecular flexibility index (Phi) is 7.13. The number of benzene rings is 2. The summed E-state index contributed by atoms with van der Waals surface area (Å²) in [6.07, 6.45) is 5.61. The van der Waals surface area contributed by atoms with Crippen LogP contribution >= 0.6 is 0 Å². The van der Waals surface area contributed by atoms with Crippen LogP contribution < -0.4 is 10.1 Å². The lowest BCUT2D eigenvalue weighted by Crippen LogP contribution is -2.45. The number of hydrogen-bond donors (Lipinski definition) is 1. The largest absolute Gasteiger partial charge is 0.496 e. The summed E-state index contributed by atoms with van der Waals surface area (Å²) in [5, 5.41) is 3.19. The van der Waals surface area contributed by atoms with Gasteiger partial charge in [-0.1, -0.05) is 60.9 Å². The average Bonchev–Trinajstić information content (AvgIpc) is 3.54. The van der Waals surface area contributed by atoms with Crippen LogP contribution in [0.3, 0.4) is 0 Å². The van der Waals surface area contributed by atoms with Crippen LogP contribution in [-0.4, -0.2) is 29.9 Å². The lowest BCUT2D eigenvalue weighted by Gasteiger charge is -2.32. The van der Waals surface area contributed by atoms with Gasteiger partial charge in [0.15, 0.2) is 5.76 Å². The Bertz CT molecular complexity index is 1070. The number of furan rings is 1. The zero-order valence-electron chi connectivity index (χ0n) is 19.1. The SMILES string of the molecule is COc1ccccc1CN(C(=O)c1ccco1)C(C(=O)NC1CCCC1)c1ccc(C)cc1. The molecule has 1 unspecified atom stereocenters. The van der Waals surface area contributed by atoms with Gasteiger partial charge < -0.3 is 19.4 Å². The fourth-order valence-corrected chi connectivity index (χ4v) is 4.41. The van der Waals surface area contributed by atoms with Crippen LogP contribution in [0, 0.1) is 6.92 Å². The Hall–Kier alpha value is -3.54. The summed E-state index contributed by atoms with van der Waals surface area (Å²) in [6, 6.07) is 17.9. The van der Waals surface area contributed by atoms with Crippen LogP contribution in [0.1, 0.15) is 59.0 Å². The maximum absolute atomic E-state index is 13.7. The van der Waals surface area contributed by atoms with Crippen molar-refractivity contribution in [2.75, 3.05) is 7.11 Å². The zero-order chi connectivity index (χ0) is 23.2. The van der Waals surface area contributed by atoms with E-state index in [1.54, 1.807) is 24.1 Å².